The number of hydrogen-bond donors (Lipinski definition) is 1. The molecule has 1 N–H and O–H groups in total. The Hall–Kier alpha value is -2.54. The first-order chi connectivity index (χ1) is 10.3. The van der Waals surface area contributed by atoms with Gasteiger partial charge in [-0.3, -0.25) is 5.10 Å². The van der Waals surface area contributed by atoms with Crippen molar-refractivity contribution in [2.75, 3.05) is 0 Å². The van der Waals surface area contributed by atoms with Gasteiger partial charge in [-0.05, 0) is 29.9 Å². The fourth-order valence-electron chi connectivity index (χ4n) is 1.94. The van der Waals surface area contributed by atoms with Crippen LogP contribution in [0.1, 0.15) is 18.3 Å². The van der Waals surface area contributed by atoms with Gasteiger partial charge in [0.05, 0.1) is 12.5 Å². The third-order valence-electron chi connectivity index (χ3n) is 3.05. The molecule has 0 unspecified atom stereocenters. The summed E-state index contributed by atoms with van der Waals surface area (Å²) >= 11 is 5.15. The number of aromatic nitrogens is 5. The van der Waals surface area contributed by atoms with E-state index < -0.39 is 0 Å². The van der Waals surface area contributed by atoms with Crippen LogP contribution in [0.3, 0.4) is 0 Å². The third-order valence-corrected chi connectivity index (χ3v) is 3.32. The lowest BCUT2D eigenvalue weighted by molar-refractivity contribution is 0.780. The monoisotopic (exact) mass is 298 g/mol. The van der Waals surface area contributed by atoms with Crippen LogP contribution in [0.5, 0.6) is 0 Å². The van der Waals surface area contributed by atoms with Gasteiger partial charge in [-0.25, -0.2) is 4.98 Å². The first kappa shape index (κ1) is 13.4. The average Bonchev–Trinajstić information content (AvgIpc) is 3.15. The van der Waals surface area contributed by atoms with E-state index >= 15 is 0 Å². The van der Waals surface area contributed by atoms with Gasteiger partial charge in [0.15, 0.2) is 5.82 Å². The first-order valence-electron chi connectivity index (χ1n) is 6.57. The minimum absolute atomic E-state index is 0.498. The van der Waals surface area contributed by atoms with Crippen LogP contribution in [-0.4, -0.2) is 30.6 Å². The molecule has 0 saturated carbocycles. The van der Waals surface area contributed by atoms with Gasteiger partial charge in [-0.2, -0.15) is 14.9 Å². The van der Waals surface area contributed by atoms with Crippen molar-refractivity contribution in [2.45, 2.75) is 13.3 Å². The maximum atomic E-state index is 5.15. The molecular weight excluding hydrogens is 284 g/mol. The van der Waals surface area contributed by atoms with Gasteiger partial charge in [0.2, 0.25) is 4.77 Å². The molecule has 21 heavy (non-hydrogen) atoms. The molecule has 0 amide bonds. The number of benzene rings is 1. The van der Waals surface area contributed by atoms with Crippen LogP contribution < -0.4 is 0 Å². The zero-order chi connectivity index (χ0) is 14.7. The Morgan fingerprint density at radius 3 is 2.81 bits per heavy atom. The van der Waals surface area contributed by atoms with Crippen molar-refractivity contribution < 1.29 is 0 Å². The Bertz CT molecular complexity index is 795. The van der Waals surface area contributed by atoms with Crippen molar-refractivity contribution in [1.82, 2.24) is 24.4 Å². The summed E-state index contributed by atoms with van der Waals surface area (Å²) in [5.74, 6) is 0.811. The number of rotatable bonds is 4. The van der Waals surface area contributed by atoms with Crippen molar-refractivity contribution in [2.24, 2.45) is 5.10 Å². The lowest BCUT2D eigenvalue weighted by Crippen LogP contribution is -1.97. The van der Waals surface area contributed by atoms with Crippen LogP contribution in [0.15, 0.2) is 48.1 Å². The smallest absolute Gasteiger partial charge is 0.216 e. The van der Waals surface area contributed by atoms with Crippen LogP contribution in [0.25, 0.3) is 5.69 Å². The maximum Gasteiger partial charge on any atom is 0.216 e. The number of H-pyrrole nitrogens is 1. The number of aryl methyl sites for hydroxylation is 1. The molecule has 6 nitrogen and oxygen atoms in total. The summed E-state index contributed by atoms with van der Waals surface area (Å²) in [6.45, 7) is 2.01. The van der Waals surface area contributed by atoms with E-state index in [4.69, 9.17) is 12.2 Å². The van der Waals surface area contributed by atoms with Crippen molar-refractivity contribution in [1.29, 1.82) is 0 Å². The summed E-state index contributed by atoms with van der Waals surface area (Å²) in [5.41, 5.74) is 2.04. The largest absolute Gasteiger partial charge is 0.306 e. The molecule has 1 aromatic carbocycles. The second-order valence-corrected chi connectivity index (χ2v) is 4.80. The average molecular weight is 298 g/mol. The van der Waals surface area contributed by atoms with Crippen LogP contribution in [0.4, 0.5) is 0 Å². The first-order valence-corrected chi connectivity index (χ1v) is 6.98. The molecule has 0 aliphatic carbocycles. The van der Waals surface area contributed by atoms with Crippen molar-refractivity contribution in [3.05, 3.63) is 59.1 Å². The summed E-state index contributed by atoms with van der Waals surface area (Å²) in [6, 6.07) is 8.01. The Balaban J connectivity index is 1.83. The molecule has 7 heteroatoms. The lowest BCUT2D eigenvalue weighted by Gasteiger charge is -2.02. The Labute approximate surface area is 126 Å². The number of hydrogen-bond acceptors (Lipinski definition) is 4. The van der Waals surface area contributed by atoms with E-state index in [2.05, 4.69) is 20.3 Å². The molecule has 0 atom stereocenters. The van der Waals surface area contributed by atoms with Crippen molar-refractivity contribution >= 4 is 18.4 Å². The minimum atomic E-state index is 0.498. The van der Waals surface area contributed by atoms with Gasteiger partial charge in [0.25, 0.3) is 0 Å². The fourth-order valence-corrected chi connectivity index (χ4v) is 2.14. The quantitative estimate of drug-likeness (QED) is 0.595. The van der Waals surface area contributed by atoms with E-state index in [-0.39, 0.29) is 0 Å². The van der Waals surface area contributed by atoms with E-state index in [9.17, 15) is 0 Å². The zero-order valence-corrected chi connectivity index (χ0v) is 12.3. The topological polar surface area (TPSA) is 63.8 Å². The zero-order valence-electron chi connectivity index (χ0n) is 11.5. The highest BCUT2D eigenvalue weighted by Crippen LogP contribution is 2.08. The SMILES string of the molecule is CCc1n[nH]c(=S)n1/N=C/c1ccc(-n2ccnc2)cc1. The van der Waals surface area contributed by atoms with Crippen molar-refractivity contribution in [3.8, 4) is 5.69 Å². The third kappa shape index (κ3) is 2.82. The molecule has 0 radical (unpaired) electrons. The number of aromatic amines is 1. The Kier molecular flexibility index (Phi) is 3.74. The van der Waals surface area contributed by atoms with Gasteiger partial charge in [0, 0.05) is 24.5 Å². The van der Waals surface area contributed by atoms with Crippen LogP contribution in [-0.2, 0) is 6.42 Å². The standard InChI is InChI=1S/C14H14N6S/c1-2-13-17-18-14(21)20(13)16-9-11-3-5-12(6-4-11)19-8-7-15-10-19/h3-10H,2H2,1H3,(H,18,21)/b16-9+. The van der Waals surface area contributed by atoms with Gasteiger partial charge >= 0.3 is 0 Å². The predicted octanol–water partition coefficient (Wildman–Crippen LogP) is 2.57. The molecule has 0 spiro atoms. The highest BCUT2D eigenvalue weighted by atomic mass is 32.1. The van der Waals surface area contributed by atoms with E-state index in [1.54, 1.807) is 23.4 Å². The van der Waals surface area contributed by atoms with Gasteiger partial charge in [-0.1, -0.05) is 19.1 Å². The molecule has 2 heterocycles. The highest BCUT2D eigenvalue weighted by molar-refractivity contribution is 7.71. The number of nitrogens with zero attached hydrogens (tertiary/aromatic N) is 5. The summed E-state index contributed by atoms with van der Waals surface area (Å²) in [7, 11) is 0. The van der Waals surface area contributed by atoms with E-state index in [1.807, 2.05) is 42.0 Å². The van der Waals surface area contributed by atoms with Gasteiger partial charge < -0.3 is 4.57 Å². The minimum Gasteiger partial charge on any atom is -0.306 e. The molecule has 0 saturated heterocycles. The second kappa shape index (κ2) is 5.84. The Morgan fingerprint density at radius 2 is 2.14 bits per heavy atom. The summed E-state index contributed by atoms with van der Waals surface area (Å²) in [5, 5.41) is 11.2. The fraction of sp³-hybridized carbons (Fsp3) is 0.143. The maximum absolute atomic E-state index is 5.15. The predicted molar refractivity (Wildman–Crippen MR) is 83.3 cm³/mol. The van der Waals surface area contributed by atoms with Gasteiger partial charge in [-0.15, -0.1) is 0 Å². The van der Waals surface area contributed by atoms with E-state index in [0.717, 1.165) is 23.5 Å². The molecular formula is C14H14N6S. The molecule has 0 bridgehead atoms. The molecule has 0 aliphatic heterocycles. The summed E-state index contributed by atoms with van der Waals surface area (Å²) < 4.78 is 4.08. The molecule has 0 fully saturated rings. The van der Waals surface area contributed by atoms with Crippen LogP contribution >= 0.6 is 12.2 Å². The highest BCUT2D eigenvalue weighted by Gasteiger charge is 2.01. The molecule has 2 aromatic heterocycles. The Morgan fingerprint density at radius 1 is 1.33 bits per heavy atom. The molecule has 3 aromatic rings. The lowest BCUT2D eigenvalue weighted by atomic mass is 10.2. The van der Waals surface area contributed by atoms with Gasteiger partial charge in [0.1, 0.15) is 0 Å². The molecule has 106 valence electrons. The van der Waals surface area contributed by atoms with E-state index in [0.29, 0.717) is 4.77 Å². The molecule has 3 rings (SSSR count). The number of nitrogens with one attached hydrogen (secondary N) is 1. The van der Waals surface area contributed by atoms with E-state index in [1.165, 1.54) is 0 Å². The van der Waals surface area contributed by atoms with Crippen LogP contribution in [0, 0.1) is 4.77 Å². The van der Waals surface area contributed by atoms with Crippen molar-refractivity contribution in [3.63, 3.8) is 0 Å². The summed E-state index contributed by atoms with van der Waals surface area (Å²) in [4.78, 5) is 4.03. The van der Waals surface area contributed by atoms with Crippen LogP contribution in [0.2, 0.25) is 0 Å². The number of imidazole rings is 1. The second-order valence-electron chi connectivity index (χ2n) is 4.42. The molecule has 0 aliphatic rings. The normalized spacial score (nSPS) is 11.3. The summed E-state index contributed by atoms with van der Waals surface area (Å²) in [6.07, 6.45) is 7.96.